The SMILES string of the molecule is COc1ccc(NC2COCc3ccccc32)cn1. The van der Waals surface area contributed by atoms with Gasteiger partial charge in [0.05, 0.1) is 38.2 Å². The Morgan fingerprint density at radius 3 is 2.95 bits per heavy atom. The highest BCUT2D eigenvalue weighted by Gasteiger charge is 2.19. The van der Waals surface area contributed by atoms with Gasteiger partial charge in [0.15, 0.2) is 0 Å². The molecule has 3 rings (SSSR count). The lowest BCUT2D eigenvalue weighted by molar-refractivity contribution is 0.0970. The molecule has 4 heteroatoms. The first-order chi connectivity index (χ1) is 9.36. The molecule has 1 aliphatic rings. The maximum Gasteiger partial charge on any atom is 0.213 e. The lowest BCUT2D eigenvalue weighted by Gasteiger charge is -2.27. The van der Waals surface area contributed by atoms with Crippen molar-refractivity contribution < 1.29 is 9.47 Å². The van der Waals surface area contributed by atoms with E-state index in [1.807, 2.05) is 18.2 Å². The summed E-state index contributed by atoms with van der Waals surface area (Å²) < 4.78 is 10.7. The van der Waals surface area contributed by atoms with Crippen molar-refractivity contribution in [2.45, 2.75) is 12.6 Å². The van der Waals surface area contributed by atoms with E-state index in [0.29, 0.717) is 19.1 Å². The average Bonchev–Trinajstić information content (AvgIpc) is 2.48. The molecule has 0 aliphatic carbocycles. The van der Waals surface area contributed by atoms with Crippen molar-refractivity contribution in [3.05, 3.63) is 53.7 Å². The second kappa shape index (κ2) is 5.28. The minimum atomic E-state index is 0.167. The highest BCUT2D eigenvalue weighted by molar-refractivity contribution is 5.46. The number of pyridine rings is 1. The van der Waals surface area contributed by atoms with Crippen LogP contribution in [0.15, 0.2) is 42.6 Å². The molecule has 1 N–H and O–H groups in total. The Morgan fingerprint density at radius 2 is 2.16 bits per heavy atom. The zero-order valence-electron chi connectivity index (χ0n) is 10.8. The molecular formula is C15H16N2O2. The van der Waals surface area contributed by atoms with Crippen LogP contribution in [0, 0.1) is 0 Å². The Bertz CT molecular complexity index is 554. The third-order valence-electron chi connectivity index (χ3n) is 3.26. The molecule has 0 fully saturated rings. The van der Waals surface area contributed by atoms with Crippen LogP contribution in [0.3, 0.4) is 0 Å². The van der Waals surface area contributed by atoms with Gasteiger partial charge in [0.2, 0.25) is 5.88 Å². The highest BCUT2D eigenvalue weighted by atomic mass is 16.5. The summed E-state index contributed by atoms with van der Waals surface area (Å²) >= 11 is 0. The Kier molecular flexibility index (Phi) is 3.33. The topological polar surface area (TPSA) is 43.4 Å². The molecule has 0 radical (unpaired) electrons. The molecule has 0 saturated heterocycles. The van der Waals surface area contributed by atoms with Crippen LogP contribution in [0.2, 0.25) is 0 Å². The van der Waals surface area contributed by atoms with Crippen LogP contribution in [0.1, 0.15) is 17.2 Å². The van der Waals surface area contributed by atoms with Crippen LogP contribution in [0.5, 0.6) is 5.88 Å². The van der Waals surface area contributed by atoms with Gasteiger partial charge in [-0.1, -0.05) is 24.3 Å². The van der Waals surface area contributed by atoms with E-state index in [0.717, 1.165) is 5.69 Å². The van der Waals surface area contributed by atoms with Gasteiger partial charge in [-0.25, -0.2) is 4.98 Å². The number of benzene rings is 1. The van der Waals surface area contributed by atoms with E-state index in [-0.39, 0.29) is 6.04 Å². The molecule has 4 nitrogen and oxygen atoms in total. The van der Waals surface area contributed by atoms with E-state index in [4.69, 9.17) is 9.47 Å². The molecule has 1 aromatic carbocycles. The van der Waals surface area contributed by atoms with Crippen LogP contribution in [-0.4, -0.2) is 18.7 Å². The number of hydrogen-bond acceptors (Lipinski definition) is 4. The second-order valence-corrected chi connectivity index (χ2v) is 4.50. The van der Waals surface area contributed by atoms with Gasteiger partial charge < -0.3 is 14.8 Å². The summed E-state index contributed by atoms with van der Waals surface area (Å²) in [6, 6.07) is 12.3. The van der Waals surface area contributed by atoms with Crippen molar-refractivity contribution in [3.8, 4) is 5.88 Å². The van der Waals surface area contributed by atoms with Crippen molar-refractivity contribution in [1.82, 2.24) is 4.98 Å². The molecule has 2 aromatic rings. The number of hydrogen-bond donors (Lipinski definition) is 1. The van der Waals surface area contributed by atoms with Crippen LogP contribution < -0.4 is 10.1 Å². The standard InChI is InChI=1S/C15H16N2O2/c1-18-15-7-6-12(8-16-15)17-14-10-19-9-11-4-2-3-5-13(11)14/h2-8,14,17H,9-10H2,1H3. The molecule has 0 spiro atoms. The highest BCUT2D eigenvalue weighted by Crippen LogP contribution is 2.27. The molecule has 19 heavy (non-hydrogen) atoms. The molecule has 98 valence electrons. The fourth-order valence-electron chi connectivity index (χ4n) is 2.29. The van der Waals surface area contributed by atoms with Crippen LogP contribution >= 0.6 is 0 Å². The van der Waals surface area contributed by atoms with E-state index >= 15 is 0 Å². The number of methoxy groups -OCH3 is 1. The van der Waals surface area contributed by atoms with Gasteiger partial charge in [0, 0.05) is 6.07 Å². The molecule has 1 aliphatic heterocycles. The van der Waals surface area contributed by atoms with Crippen LogP contribution in [0.4, 0.5) is 5.69 Å². The van der Waals surface area contributed by atoms with E-state index < -0.39 is 0 Å². The van der Waals surface area contributed by atoms with E-state index in [1.54, 1.807) is 13.3 Å². The molecule has 1 atom stereocenters. The van der Waals surface area contributed by atoms with Gasteiger partial charge in [-0.2, -0.15) is 0 Å². The van der Waals surface area contributed by atoms with Gasteiger partial charge in [-0.3, -0.25) is 0 Å². The Morgan fingerprint density at radius 1 is 1.26 bits per heavy atom. The van der Waals surface area contributed by atoms with Crippen LogP contribution in [0.25, 0.3) is 0 Å². The van der Waals surface area contributed by atoms with Crippen LogP contribution in [-0.2, 0) is 11.3 Å². The fraction of sp³-hybridized carbons (Fsp3) is 0.267. The van der Waals surface area contributed by atoms with E-state index in [2.05, 4.69) is 28.5 Å². The molecule has 2 heterocycles. The summed E-state index contributed by atoms with van der Waals surface area (Å²) in [6.07, 6.45) is 1.77. The summed E-state index contributed by atoms with van der Waals surface area (Å²) in [5.74, 6) is 0.617. The normalized spacial score (nSPS) is 17.6. The largest absolute Gasteiger partial charge is 0.481 e. The third-order valence-corrected chi connectivity index (χ3v) is 3.26. The predicted molar refractivity (Wildman–Crippen MR) is 73.3 cm³/mol. The number of rotatable bonds is 3. The lowest BCUT2D eigenvalue weighted by atomic mass is 9.99. The third kappa shape index (κ3) is 2.53. The van der Waals surface area contributed by atoms with E-state index in [9.17, 15) is 0 Å². The fourth-order valence-corrected chi connectivity index (χ4v) is 2.29. The Balaban J connectivity index is 1.80. The number of aromatic nitrogens is 1. The quantitative estimate of drug-likeness (QED) is 0.917. The first kappa shape index (κ1) is 12.0. The maximum absolute atomic E-state index is 5.62. The van der Waals surface area contributed by atoms with Gasteiger partial charge in [0.25, 0.3) is 0 Å². The summed E-state index contributed by atoms with van der Waals surface area (Å²) in [5.41, 5.74) is 3.50. The predicted octanol–water partition coefficient (Wildman–Crippen LogP) is 2.77. The minimum absolute atomic E-state index is 0.167. The van der Waals surface area contributed by atoms with Gasteiger partial charge >= 0.3 is 0 Å². The lowest BCUT2D eigenvalue weighted by Crippen LogP contribution is -2.23. The molecule has 1 aromatic heterocycles. The first-order valence-corrected chi connectivity index (χ1v) is 6.29. The zero-order chi connectivity index (χ0) is 13.1. The molecular weight excluding hydrogens is 240 g/mol. The number of nitrogens with zero attached hydrogens (tertiary/aromatic N) is 1. The van der Waals surface area contributed by atoms with Crippen molar-refractivity contribution in [1.29, 1.82) is 0 Å². The first-order valence-electron chi connectivity index (χ1n) is 6.29. The monoisotopic (exact) mass is 256 g/mol. The van der Waals surface area contributed by atoms with Crippen molar-refractivity contribution in [2.24, 2.45) is 0 Å². The second-order valence-electron chi connectivity index (χ2n) is 4.50. The Labute approximate surface area is 112 Å². The van der Waals surface area contributed by atoms with E-state index in [1.165, 1.54) is 11.1 Å². The number of anilines is 1. The van der Waals surface area contributed by atoms with Crippen molar-refractivity contribution >= 4 is 5.69 Å². The van der Waals surface area contributed by atoms with Crippen molar-refractivity contribution in [3.63, 3.8) is 0 Å². The average molecular weight is 256 g/mol. The number of nitrogens with one attached hydrogen (secondary N) is 1. The van der Waals surface area contributed by atoms with Gasteiger partial charge in [-0.05, 0) is 17.2 Å². The number of ether oxygens (including phenoxy) is 2. The van der Waals surface area contributed by atoms with Crippen molar-refractivity contribution in [2.75, 3.05) is 19.0 Å². The molecule has 0 bridgehead atoms. The minimum Gasteiger partial charge on any atom is -0.481 e. The number of fused-ring (bicyclic) bond motifs is 1. The Hall–Kier alpha value is -2.07. The molecule has 1 unspecified atom stereocenters. The summed E-state index contributed by atoms with van der Waals surface area (Å²) in [7, 11) is 1.61. The van der Waals surface area contributed by atoms with Gasteiger partial charge in [0.1, 0.15) is 0 Å². The summed E-state index contributed by atoms with van der Waals surface area (Å²) in [6.45, 7) is 1.36. The zero-order valence-corrected chi connectivity index (χ0v) is 10.8. The van der Waals surface area contributed by atoms with Gasteiger partial charge in [-0.15, -0.1) is 0 Å². The molecule has 0 amide bonds. The molecule has 0 saturated carbocycles. The summed E-state index contributed by atoms with van der Waals surface area (Å²) in [4.78, 5) is 4.19. The summed E-state index contributed by atoms with van der Waals surface area (Å²) in [5, 5.41) is 3.45. The smallest absolute Gasteiger partial charge is 0.213 e. The maximum atomic E-state index is 5.62.